The highest BCUT2D eigenvalue weighted by Crippen LogP contribution is 2.04. The lowest BCUT2D eigenvalue weighted by Gasteiger charge is -2.17. The van der Waals surface area contributed by atoms with Crippen LogP contribution < -0.4 is 0 Å². The molecule has 1 unspecified atom stereocenters. The van der Waals surface area contributed by atoms with Crippen molar-refractivity contribution in [3.63, 3.8) is 0 Å². The van der Waals surface area contributed by atoms with Crippen LogP contribution in [0.4, 0.5) is 0 Å². The quantitative estimate of drug-likeness (QED) is 0.734. The molecule has 0 saturated carbocycles. The van der Waals surface area contributed by atoms with Gasteiger partial charge >= 0.3 is 0 Å². The lowest BCUT2D eigenvalue weighted by Crippen LogP contribution is -2.28. The molecule has 0 N–H and O–H groups in total. The summed E-state index contributed by atoms with van der Waals surface area (Å²) in [6.07, 6.45) is 5.20. The Morgan fingerprint density at radius 2 is 2.13 bits per heavy atom. The van der Waals surface area contributed by atoms with Crippen molar-refractivity contribution in [2.24, 2.45) is 0 Å². The highest BCUT2D eigenvalue weighted by atomic mass is 35.5. The van der Waals surface area contributed by atoms with E-state index in [0.717, 1.165) is 6.42 Å². The predicted molar refractivity (Wildman–Crippen MR) is 58.9 cm³/mol. The number of nitrogens with zero attached hydrogens (tertiary/aromatic N) is 3. The standard InChI is InChI=1S/C10H14ClN3O/c1-8(11)3-4-14(2)10(15)9-5-12-7-13-6-9/h5-8H,3-4H2,1-2H3. The lowest BCUT2D eigenvalue weighted by molar-refractivity contribution is 0.0793. The molecule has 1 aromatic heterocycles. The van der Waals surface area contributed by atoms with Gasteiger partial charge in [-0.1, -0.05) is 0 Å². The van der Waals surface area contributed by atoms with Gasteiger partial charge in [0.2, 0.25) is 0 Å². The monoisotopic (exact) mass is 227 g/mol. The number of alkyl halides is 1. The molecule has 0 bridgehead atoms. The van der Waals surface area contributed by atoms with E-state index in [1.807, 2.05) is 6.92 Å². The molecule has 1 atom stereocenters. The normalized spacial score (nSPS) is 12.2. The van der Waals surface area contributed by atoms with E-state index in [9.17, 15) is 4.79 Å². The van der Waals surface area contributed by atoms with Crippen LogP contribution in [0.3, 0.4) is 0 Å². The molecular formula is C10H14ClN3O. The average Bonchev–Trinajstić information content (AvgIpc) is 2.26. The van der Waals surface area contributed by atoms with Crippen molar-refractivity contribution in [1.29, 1.82) is 0 Å². The fourth-order valence-electron chi connectivity index (χ4n) is 1.10. The third-order valence-electron chi connectivity index (χ3n) is 2.02. The summed E-state index contributed by atoms with van der Waals surface area (Å²) in [7, 11) is 1.74. The molecule has 82 valence electrons. The van der Waals surface area contributed by atoms with Crippen LogP contribution in [0.25, 0.3) is 0 Å². The molecule has 5 heteroatoms. The van der Waals surface area contributed by atoms with E-state index in [1.165, 1.54) is 18.7 Å². The van der Waals surface area contributed by atoms with Crippen LogP contribution in [0, 0.1) is 0 Å². The van der Waals surface area contributed by atoms with Gasteiger partial charge in [0.15, 0.2) is 0 Å². The van der Waals surface area contributed by atoms with Crippen LogP contribution in [-0.2, 0) is 0 Å². The average molecular weight is 228 g/mol. The Kier molecular flexibility index (Phi) is 4.49. The van der Waals surface area contributed by atoms with Crippen molar-refractivity contribution >= 4 is 17.5 Å². The summed E-state index contributed by atoms with van der Waals surface area (Å²) >= 11 is 5.81. The summed E-state index contributed by atoms with van der Waals surface area (Å²) < 4.78 is 0. The molecule has 0 radical (unpaired) electrons. The van der Waals surface area contributed by atoms with Gasteiger partial charge in [0.1, 0.15) is 6.33 Å². The second kappa shape index (κ2) is 5.66. The van der Waals surface area contributed by atoms with E-state index in [-0.39, 0.29) is 11.3 Å². The maximum absolute atomic E-state index is 11.8. The van der Waals surface area contributed by atoms with Crippen molar-refractivity contribution in [2.45, 2.75) is 18.7 Å². The fourth-order valence-corrected chi connectivity index (χ4v) is 1.20. The summed E-state index contributed by atoms with van der Waals surface area (Å²) in [5, 5.41) is 0.0762. The number of hydrogen-bond donors (Lipinski definition) is 0. The Hall–Kier alpha value is -1.16. The molecule has 0 saturated heterocycles. The summed E-state index contributed by atoms with van der Waals surface area (Å²) in [4.78, 5) is 21.0. The zero-order chi connectivity index (χ0) is 11.3. The van der Waals surface area contributed by atoms with Crippen molar-refractivity contribution in [1.82, 2.24) is 14.9 Å². The number of carbonyl (C=O) groups is 1. The largest absolute Gasteiger partial charge is 0.342 e. The number of carbonyl (C=O) groups excluding carboxylic acids is 1. The third kappa shape index (κ3) is 3.83. The number of halogens is 1. The Bertz CT molecular complexity index is 316. The Morgan fingerprint density at radius 1 is 1.53 bits per heavy atom. The Balaban J connectivity index is 2.54. The predicted octanol–water partition coefficient (Wildman–Crippen LogP) is 1.57. The van der Waals surface area contributed by atoms with E-state index >= 15 is 0 Å². The minimum absolute atomic E-state index is 0.0760. The zero-order valence-electron chi connectivity index (χ0n) is 8.85. The second-order valence-electron chi connectivity index (χ2n) is 3.42. The van der Waals surface area contributed by atoms with Gasteiger partial charge in [-0.05, 0) is 13.3 Å². The molecular weight excluding hydrogens is 214 g/mol. The van der Waals surface area contributed by atoms with Gasteiger partial charge < -0.3 is 4.90 Å². The van der Waals surface area contributed by atoms with Crippen LogP contribution in [0.1, 0.15) is 23.7 Å². The second-order valence-corrected chi connectivity index (χ2v) is 4.17. The Labute approximate surface area is 94.3 Å². The maximum Gasteiger partial charge on any atom is 0.256 e. The maximum atomic E-state index is 11.8. The molecule has 1 aromatic rings. The van der Waals surface area contributed by atoms with E-state index in [0.29, 0.717) is 12.1 Å². The molecule has 1 heterocycles. The van der Waals surface area contributed by atoms with Gasteiger partial charge in [0.25, 0.3) is 5.91 Å². The fraction of sp³-hybridized carbons (Fsp3) is 0.500. The van der Waals surface area contributed by atoms with Crippen molar-refractivity contribution in [2.75, 3.05) is 13.6 Å². The molecule has 0 fully saturated rings. The molecule has 0 aliphatic rings. The number of hydrogen-bond acceptors (Lipinski definition) is 3. The Morgan fingerprint density at radius 3 is 2.67 bits per heavy atom. The smallest absolute Gasteiger partial charge is 0.256 e. The number of amides is 1. The highest BCUT2D eigenvalue weighted by molar-refractivity contribution is 6.20. The molecule has 0 spiro atoms. The van der Waals surface area contributed by atoms with Gasteiger partial charge in [-0.15, -0.1) is 11.6 Å². The molecule has 0 aromatic carbocycles. The molecule has 1 amide bonds. The van der Waals surface area contributed by atoms with E-state index < -0.39 is 0 Å². The number of aromatic nitrogens is 2. The van der Waals surface area contributed by atoms with Crippen molar-refractivity contribution in [3.8, 4) is 0 Å². The summed E-state index contributed by atoms with van der Waals surface area (Å²) in [5.74, 6) is -0.0760. The first-order chi connectivity index (χ1) is 7.11. The van der Waals surface area contributed by atoms with Gasteiger partial charge in [0.05, 0.1) is 5.56 Å². The van der Waals surface area contributed by atoms with Crippen LogP contribution in [0.15, 0.2) is 18.7 Å². The molecule has 4 nitrogen and oxygen atoms in total. The zero-order valence-corrected chi connectivity index (χ0v) is 9.61. The highest BCUT2D eigenvalue weighted by Gasteiger charge is 2.12. The van der Waals surface area contributed by atoms with E-state index in [1.54, 1.807) is 11.9 Å². The minimum atomic E-state index is -0.0760. The first-order valence-corrected chi connectivity index (χ1v) is 5.19. The SMILES string of the molecule is CC(Cl)CCN(C)C(=O)c1cncnc1. The van der Waals surface area contributed by atoms with Gasteiger partial charge in [0, 0.05) is 31.4 Å². The van der Waals surface area contributed by atoms with Gasteiger partial charge in [-0.3, -0.25) is 4.79 Å². The minimum Gasteiger partial charge on any atom is -0.342 e. The first-order valence-electron chi connectivity index (χ1n) is 4.76. The summed E-state index contributed by atoms with van der Waals surface area (Å²) in [5.41, 5.74) is 0.502. The summed E-state index contributed by atoms with van der Waals surface area (Å²) in [6.45, 7) is 2.55. The molecule has 0 aliphatic heterocycles. The topological polar surface area (TPSA) is 46.1 Å². The van der Waals surface area contributed by atoms with Crippen molar-refractivity contribution in [3.05, 3.63) is 24.3 Å². The van der Waals surface area contributed by atoms with Crippen LogP contribution in [0.2, 0.25) is 0 Å². The van der Waals surface area contributed by atoms with Crippen molar-refractivity contribution < 1.29 is 4.79 Å². The van der Waals surface area contributed by atoms with Gasteiger partial charge in [-0.2, -0.15) is 0 Å². The third-order valence-corrected chi connectivity index (χ3v) is 2.23. The first kappa shape index (κ1) is 11.9. The molecule has 15 heavy (non-hydrogen) atoms. The summed E-state index contributed by atoms with van der Waals surface area (Å²) in [6, 6.07) is 0. The van der Waals surface area contributed by atoms with E-state index in [2.05, 4.69) is 9.97 Å². The molecule has 1 rings (SSSR count). The van der Waals surface area contributed by atoms with Crippen LogP contribution in [0.5, 0.6) is 0 Å². The van der Waals surface area contributed by atoms with E-state index in [4.69, 9.17) is 11.6 Å². The van der Waals surface area contributed by atoms with Gasteiger partial charge in [-0.25, -0.2) is 9.97 Å². The van der Waals surface area contributed by atoms with Crippen LogP contribution >= 0.6 is 11.6 Å². The van der Waals surface area contributed by atoms with Crippen LogP contribution in [-0.4, -0.2) is 39.7 Å². The lowest BCUT2D eigenvalue weighted by atomic mass is 10.2. The number of rotatable bonds is 4. The molecule has 0 aliphatic carbocycles.